The van der Waals surface area contributed by atoms with Crippen LogP contribution in [0.1, 0.15) is 44.1 Å². The van der Waals surface area contributed by atoms with Crippen LogP contribution in [0.25, 0.3) is 0 Å². The lowest BCUT2D eigenvalue weighted by Crippen LogP contribution is -2.34. The second kappa shape index (κ2) is 7.41. The average molecular weight is 299 g/mol. The monoisotopic (exact) mass is 298 g/mol. The molecule has 0 spiro atoms. The quantitative estimate of drug-likeness (QED) is 0.759. The lowest BCUT2D eigenvalue weighted by Gasteiger charge is -2.29. The van der Waals surface area contributed by atoms with Gasteiger partial charge in [0.05, 0.1) is 6.10 Å². The molecule has 1 aromatic rings. The predicted molar refractivity (Wildman–Crippen MR) is 79.8 cm³/mol. The van der Waals surface area contributed by atoms with E-state index < -0.39 is 5.79 Å². The third kappa shape index (κ3) is 4.45. The third-order valence-corrected chi connectivity index (χ3v) is 4.28. The Morgan fingerprint density at radius 3 is 2.55 bits per heavy atom. The van der Waals surface area contributed by atoms with E-state index in [4.69, 9.17) is 21.4 Å². The molecule has 1 atom stereocenters. The Morgan fingerprint density at radius 1 is 1.20 bits per heavy atom. The Hall–Kier alpha value is -0.610. The molecule has 1 unspecified atom stereocenters. The van der Waals surface area contributed by atoms with Gasteiger partial charge in [-0.05, 0) is 43.7 Å². The van der Waals surface area contributed by atoms with Crippen molar-refractivity contribution < 1.29 is 14.9 Å². The van der Waals surface area contributed by atoms with Crippen molar-refractivity contribution in [1.29, 1.82) is 0 Å². The lowest BCUT2D eigenvalue weighted by atomic mass is 10.0. The van der Waals surface area contributed by atoms with Crippen molar-refractivity contribution in [2.45, 2.75) is 56.8 Å². The van der Waals surface area contributed by atoms with Gasteiger partial charge in [-0.15, -0.1) is 0 Å². The highest BCUT2D eigenvalue weighted by Gasteiger charge is 2.34. The van der Waals surface area contributed by atoms with Gasteiger partial charge in [-0.3, -0.25) is 0 Å². The Kier molecular flexibility index (Phi) is 5.85. The highest BCUT2D eigenvalue weighted by molar-refractivity contribution is 6.31. The summed E-state index contributed by atoms with van der Waals surface area (Å²) in [5.74, 6) is -0.986. The summed E-state index contributed by atoms with van der Waals surface area (Å²) in [5.41, 5.74) is 1.08. The number of hydrogen-bond donors (Lipinski definition) is 2. The summed E-state index contributed by atoms with van der Waals surface area (Å²) in [6.07, 6.45) is 5.38. The molecule has 0 radical (unpaired) electrons. The van der Waals surface area contributed by atoms with Gasteiger partial charge < -0.3 is 14.9 Å². The fraction of sp³-hybridized carbons (Fsp3) is 0.625. The summed E-state index contributed by atoms with van der Waals surface area (Å²) in [6, 6.07) is 7.76. The molecule has 0 heterocycles. The van der Waals surface area contributed by atoms with E-state index in [2.05, 4.69) is 0 Å². The first-order chi connectivity index (χ1) is 9.63. The summed E-state index contributed by atoms with van der Waals surface area (Å²) in [6.45, 7) is 0.0727. The molecule has 0 aliphatic heterocycles. The number of aliphatic hydroxyl groups excluding tert-OH is 1. The summed E-state index contributed by atoms with van der Waals surface area (Å²) in [7, 11) is 0. The zero-order valence-corrected chi connectivity index (χ0v) is 12.5. The Bertz CT molecular complexity index is 416. The standard InChI is InChI=1S/C16H23ClO3/c17-15-6-2-1-5-13(15)7-8-14(9-12-18)20-16(19)10-3-4-11-16/h1-2,5-6,14,18-19H,3-4,7-12H2. The molecule has 0 aromatic heterocycles. The Balaban J connectivity index is 1.90. The first-order valence-corrected chi connectivity index (χ1v) is 7.75. The van der Waals surface area contributed by atoms with Gasteiger partial charge in [-0.1, -0.05) is 29.8 Å². The van der Waals surface area contributed by atoms with E-state index >= 15 is 0 Å². The predicted octanol–water partition coefficient (Wildman–Crippen LogP) is 3.30. The van der Waals surface area contributed by atoms with Crippen molar-refractivity contribution in [3.05, 3.63) is 34.9 Å². The maximum Gasteiger partial charge on any atom is 0.165 e. The van der Waals surface area contributed by atoms with Gasteiger partial charge in [0.1, 0.15) is 0 Å². The number of aryl methyl sites for hydroxylation is 1. The highest BCUT2D eigenvalue weighted by atomic mass is 35.5. The van der Waals surface area contributed by atoms with Crippen molar-refractivity contribution in [3.8, 4) is 0 Å². The zero-order chi connectivity index (χ0) is 14.4. The van der Waals surface area contributed by atoms with Crippen LogP contribution in [0.3, 0.4) is 0 Å². The third-order valence-electron chi connectivity index (χ3n) is 3.92. The van der Waals surface area contributed by atoms with Gasteiger partial charge in [0.15, 0.2) is 5.79 Å². The van der Waals surface area contributed by atoms with Crippen LogP contribution >= 0.6 is 11.6 Å². The van der Waals surface area contributed by atoms with Crippen molar-refractivity contribution >= 4 is 11.6 Å². The maximum absolute atomic E-state index is 10.3. The van der Waals surface area contributed by atoms with E-state index in [1.807, 2.05) is 24.3 Å². The minimum atomic E-state index is -0.986. The normalized spacial score (nSPS) is 19.1. The van der Waals surface area contributed by atoms with Crippen molar-refractivity contribution in [2.75, 3.05) is 6.61 Å². The Morgan fingerprint density at radius 2 is 1.90 bits per heavy atom. The first kappa shape index (κ1) is 15.8. The molecule has 2 rings (SSSR count). The van der Waals surface area contributed by atoms with E-state index in [1.165, 1.54) is 0 Å². The molecule has 112 valence electrons. The van der Waals surface area contributed by atoms with Gasteiger partial charge >= 0.3 is 0 Å². The number of benzene rings is 1. The van der Waals surface area contributed by atoms with E-state index in [9.17, 15) is 5.11 Å². The SMILES string of the molecule is OCCC(CCc1ccccc1Cl)OC1(O)CCCC1. The molecular weight excluding hydrogens is 276 g/mol. The number of ether oxygens (including phenoxy) is 1. The fourth-order valence-corrected chi connectivity index (χ4v) is 3.01. The fourth-order valence-electron chi connectivity index (χ4n) is 2.78. The van der Waals surface area contributed by atoms with Crippen LogP contribution in [0.5, 0.6) is 0 Å². The molecule has 0 saturated heterocycles. The second-order valence-corrected chi connectivity index (χ2v) is 5.94. The zero-order valence-electron chi connectivity index (χ0n) is 11.7. The van der Waals surface area contributed by atoms with E-state index in [-0.39, 0.29) is 12.7 Å². The largest absolute Gasteiger partial charge is 0.396 e. The van der Waals surface area contributed by atoms with Crippen LogP contribution in [0.15, 0.2) is 24.3 Å². The van der Waals surface area contributed by atoms with Gasteiger partial charge in [0.25, 0.3) is 0 Å². The molecule has 4 heteroatoms. The van der Waals surface area contributed by atoms with Gasteiger partial charge in [0, 0.05) is 24.5 Å². The molecular formula is C16H23ClO3. The summed E-state index contributed by atoms with van der Waals surface area (Å²) in [4.78, 5) is 0. The van der Waals surface area contributed by atoms with E-state index in [1.54, 1.807) is 0 Å². The molecule has 1 aliphatic carbocycles. The molecule has 1 saturated carbocycles. The van der Waals surface area contributed by atoms with E-state index in [0.717, 1.165) is 36.3 Å². The minimum absolute atomic E-state index is 0.0727. The molecule has 0 bridgehead atoms. The van der Waals surface area contributed by atoms with Crippen molar-refractivity contribution in [3.63, 3.8) is 0 Å². The first-order valence-electron chi connectivity index (χ1n) is 7.37. The van der Waals surface area contributed by atoms with Gasteiger partial charge in [0.2, 0.25) is 0 Å². The van der Waals surface area contributed by atoms with Crippen molar-refractivity contribution in [2.24, 2.45) is 0 Å². The van der Waals surface area contributed by atoms with Crippen molar-refractivity contribution in [1.82, 2.24) is 0 Å². The molecule has 1 aromatic carbocycles. The molecule has 1 aliphatic rings. The van der Waals surface area contributed by atoms with Gasteiger partial charge in [-0.2, -0.15) is 0 Å². The number of halogens is 1. The lowest BCUT2D eigenvalue weighted by molar-refractivity contribution is -0.228. The summed E-state index contributed by atoms with van der Waals surface area (Å²) in [5, 5.41) is 20.2. The molecule has 3 nitrogen and oxygen atoms in total. The molecule has 2 N–H and O–H groups in total. The van der Waals surface area contributed by atoms with Crippen LogP contribution in [-0.2, 0) is 11.2 Å². The van der Waals surface area contributed by atoms with Crippen LogP contribution in [0.2, 0.25) is 5.02 Å². The Labute approximate surface area is 125 Å². The second-order valence-electron chi connectivity index (χ2n) is 5.54. The minimum Gasteiger partial charge on any atom is -0.396 e. The molecule has 20 heavy (non-hydrogen) atoms. The van der Waals surface area contributed by atoms with E-state index in [0.29, 0.717) is 19.3 Å². The average Bonchev–Trinajstić information content (AvgIpc) is 2.84. The maximum atomic E-state index is 10.3. The highest BCUT2D eigenvalue weighted by Crippen LogP contribution is 2.33. The summed E-state index contributed by atoms with van der Waals surface area (Å²) >= 11 is 6.14. The van der Waals surface area contributed by atoms with Crippen LogP contribution in [0.4, 0.5) is 0 Å². The van der Waals surface area contributed by atoms with Gasteiger partial charge in [-0.25, -0.2) is 0 Å². The number of aliphatic hydroxyl groups is 2. The molecule has 1 fully saturated rings. The number of rotatable bonds is 7. The smallest absolute Gasteiger partial charge is 0.165 e. The molecule has 0 amide bonds. The number of hydrogen-bond acceptors (Lipinski definition) is 3. The van der Waals surface area contributed by atoms with Crippen LogP contribution < -0.4 is 0 Å². The van der Waals surface area contributed by atoms with Crippen LogP contribution in [-0.4, -0.2) is 28.7 Å². The van der Waals surface area contributed by atoms with Crippen LogP contribution in [0, 0.1) is 0 Å². The topological polar surface area (TPSA) is 49.7 Å². The summed E-state index contributed by atoms with van der Waals surface area (Å²) < 4.78 is 5.85.